The minimum atomic E-state index is -0.246. The minimum absolute atomic E-state index is 0.0919. The topological polar surface area (TPSA) is 55.4 Å². The summed E-state index contributed by atoms with van der Waals surface area (Å²) < 4.78 is 6.70. The van der Waals surface area contributed by atoms with Crippen LogP contribution in [0, 0.1) is 10.5 Å². The molecule has 2 aromatic rings. The first-order valence-corrected chi connectivity index (χ1v) is 8.88. The highest BCUT2D eigenvalue weighted by atomic mass is 127. The molecule has 0 heterocycles. The molecule has 0 saturated heterocycles. The van der Waals surface area contributed by atoms with Crippen molar-refractivity contribution in [2.45, 2.75) is 26.2 Å². The number of rotatable bonds is 4. The number of ketones is 1. The van der Waals surface area contributed by atoms with Crippen molar-refractivity contribution in [1.29, 1.82) is 0 Å². The number of anilines is 1. The molecule has 0 saturated carbocycles. The molecule has 0 aromatic heterocycles. The summed E-state index contributed by atoms with van der Waals surface area (Å²) in [6.07, 6.45) is 0.505. The number of benzene rings is 2. The number of Topliss-reactive ketones (excluding diaryl/α,β-unsaturated/α-hetero) is 1. The number of amides is 1. The molecule has 0 aliphatic heterocycles. The summed E-state index contributed by atoms with van der Waals surface area (Å²) in [6, 6.07) is 11.3. The smallest absolute Gasteiger partial charge is 0.262 e. The Morgan fingerprint density at radius 2 is 2.12 bits per heavy atom. The monoisotopic (exact) mass is 435 g/mol. The molecule has 0 bridgehead atoms. The Labute approximate surface area is 154 Å². The SMILES string of the molecule is Cc1ccc(OCC(=O)Nc2cccc(I)c2)c2c1C(C)CC2=O. The highest BCUT2D eigenvalue weighted by Crippen LogP contribution is 2.40. The van der Waals surface area contributed by atoms with Crippen LogP contribution >= 0.6 is 22.6 Å². The van der Waals surface area contributed by atoms with Crippen LogP contribution < -0.4 is 10.1 Å². The molecule has 1 N–H and O–H groups in total. The van der Waals surface area contributed by atoms with E-state index in [9.17, 15) is 9.59 Å². The number of ether oxygens (including phenoxy) is 1. The van der Waals surface area contributed by atoms with E-state index < -0.39 is 0 Å². The summed E-state index contributed by atoms with van der Waals surface area (Å²) in [6.45, 7) is 3.92. The van der Waals surface area contributed by atoms with Gasteiger partial charge in [-0.15, -0.1) is 0 Å². The maximum atomic E-state index is 12.2. The lowest BCUT2D eigenvalue weighted by atomic mass is 9.97. The van der Waals surface area contributed by atoms with E-state index in [1.807, 2.05) is 44.2 Å². The summed E-state index contributed by atoms with van der Waals surface area (Å²) in [5.74, 6) is 0.554. The number of carbonyl (C=O) groups is 2. The molecule has 2 aromatic carbocycles. The van der Waals surface area contributed by atoms with E-state index >= 15 is 0 Å². The first kappa shape index (κ1) is 17.0. The molecule has 0 fully saturated rings. The van der Waals surface area contributed by atoms with Crippen LogP contribution in [-0.4, -0.2) is 18.3 Å². The third kappa shape index (κ3) is 3.45. The second-order valence-corrected chi connectivity index (χ2v) is 7.29. The van der Waals surface area contributed by atoms with Crippen molar-refractivity contribution in [2.75, 3.05) is 11.9 Å². The van der Waals surface area contributed by atoms with Crippen LogP contribution in [0.25, 0.3) is 0 Å². The summed E-state index contributed by atoms with van der Waals surface area (Å²) in [7, 11) is 0. The number of aryl methyl sites for hydroxylation is 1. The molecule has 1 aliphatic carbocycles. The number of carbonyl (C=O) groups excluding carboxylic acids is 2. The average Bonchev–Trinajstić information content (AvgIpc) is 2.83. The van der Waals surface area contributed by atoms with Gasteiger partial charge in [0.25, 0.3) is 5.91 Å². The first-order chi connectivity index (χ1) is 11.5. The fourth-order valence-electron chi connectivity index (χ4n) is 3.14. The Bertz CT molecular complexity index is 816. The number of nitrogens with one attached hydrogen (secondary N) is 1. The van der Waals surface area contributed by atoms with Gasteiger partial charge in [0.15, 0.2) is 12.4 Å². The number of hydrogen-bond donors (Lipinski definition) is 1. The van der Waals surface area contributed by atoms with E-state index in [4.69, 9.17) is 4.74 Å². The van der Waals surface area contributed by atoms with Gasteiger partial charge in [0, 0.05) is 15.7 Å². The molecule has 5 heteroatoms. The maximum absolute atomic E-state index is 12.2. The van der Waals surface area contributed by atoms with Crippen molar-refractivity contribution >= 4 is 40.0 Å². The Morgan fingerprint density at radius 1 is 1.33 bits per heavy atom. The molecule has 124 valence electrons. The molecule has 24 heavy (non-hydrogen) atoms. The second kappa shape index (κ2) is 6.93. The summed E-state index contributed by atoms with van der Waals surface area (Å²) >= 11 is 2.19. The van der Waals surface area contributed by atoms with Gasteiger partial charge in [-0.05, 0) is 70.8 Å². The van der Waals surface area contributed by atoms with Gasteiger partial charge in [-0.1, -0.05) is 19.1 Å². The van der Waals surface area contributed by atoms with E-state index in [2.05, 4.69) is 27.9 Å². The van der Waals surface area contributed by atoms with Crippen LogP contribution in [0.1, 0.15) is 40.7 Å². The largest absolute Gasteiger partial charge is 0.483 e. The van der Waals surface area contributed by atoms with Crippen molar-refractivity contribution in [3.05, 3.63) is 56.7 Å². The molecule has 0 spiro atoms. The Kier molecular flexibility index (Phi) is 4.89. The zero-order valence-electron chi connectivity index (χ0n) is 13.6. The maximum Gasteiger partial charge on any atom is 0.262 e. The van der Waals surface area contributed by atoms with Gasteiger partial charge in [0.2, 0.25) is 0 Å². The number of halogens is 1. The van der Waals surface area contributed by atoms with E-state index in [-0.39, 0.29) is 24.2 Å². The minimum Gasteiger partial charge on any atom is -0.483 e. The standard InChI is InChI=1S/C19H18INO3/c1-11-6-7-16(19-15(22)8-12(2)18(11)19)24-10-17(23)21-14-5-3-4-13(20)9-14/h3-7,9,12H,8,10H2,1-2H3,(H,21,23). The van der Waals surface area contributed by atoms with Crippen molar-refractivity contribution in [3.63, 3.8) is 0 Å². The van der Waals surface area contributed by atoms with Gasteiger partial charge in [-0.2, -0.15) is 0 Å². The fraction of sp³-hybridized carbons (Fsp3) is 0.263. The van der Waals surface area contributed by atoms with Gasteiger partial charge in [0.1, 0.15) is 5.75 Å². The third-order valence-electron chi connectivity index (χ3n) is 4.16. The van der Waals surface area contributed by atoms with Crippen LogP contribution in [0.3, 0.4) is 0 Å². The van der Waals surface area contributed by atoms with Gasteiger partial charge in [0.05, 0.1) is 5.56 Å². The summed E-state index contributed by atoms with van der Waals surface area (Å²) in [5, 5.41) is 2.80. The Morgan fingerprint density at radius 3 is 2.88 bits per heavy atom. The highest BCUT2D eigenvalue weighted by Gasteiger charge is 2.31. The molecule has 1 atom stereocenters. The molecule has 1 amide bonds. The van der Waals surface area contributed by atoms with Crippen LogP contribution in [0.5, 0.6) is 5.75 Å². The number of hydrogen-bond acceptors (Lipinski definition) is 3. The van der Waals surface area contributed by atoms with Crippen LogP contribution in [-0.2, 0) is 4.79 Å². The molecule has 3 rings (SSSR count). The van der Waals surface area contributed by atoms with Gasteiger partial charge in [-0.25, -0.2) is 0 Å². The zero-order valence-corrected chi connectivity index (χ0v) is 15.7. The lowest BCUT2D eigenvalue weighted by Gasteiger charge is -2.13. The van der Waals surface area contributed by atoms with Gasteiger partial charge < -0.3 is 10.1 Å². The molecular weight excluding hydrogens is 417 g/mol. The second-order valence-electron chi connectivity index (χ2n) is 6.04. The molecule has 1 aliphatic rings. The molecule has 0 radical (unpaired) electrons. The Hall–Kier alpha value is -1.89. The zero-order chi connectivity index (χ0) is 17.3. The van der Waals surface area contributed by atoms with Crippen LogP contribution in [0.4, 0.5) is 5.69 Å². The van der Waals surface area contributed by atoms with Crippen molar-refractivity contribution < 1.29 is 14.3 Å². The Balaban J connectivity index is 1.72. The summed E-state index contributed by atoms with van der Waals surface area (Å²) in [5.41, 5.74) is 3.52. The van der Waals surface area contributed by atoms with E-state index in [1.165, 1.54) is 0 Å². The quantitative estimate of drug-likeness (QED) is 0.729. The highest BCUT2D eigenvalue weighted by molar-refractivity contribution is 14.1. The van der Waals surface area contributed by atoms with Gasteiger partial charge >= 0.3 is 0 Å². The lowest BCUT2D eigenvalue weighted by Crippen LogP contribution is -2.20. The molecule has 4 nitrogen and oxygen atoms in total. The predicted octanol–water partition coefficient (Wildman–Crippen LogP) is 4.31. The summed E-state index contributed by atoms with van der Waals surface area (Å²) in [4.78, 5) is 24.3. The normalized spacial score (nSPS) is 16.0. The van der Waals surface area contributed by atoms with Crippen molar-refractivity contribution in [1.82, 2.24) is 0 Å². The van der Waals surface area contributed by atoms with Crippen molar-refractivity contribution in [2.24, 2.45) is 0 Å². The number of fused-ring (bicyclic) bond motifs is 1. The van der Waals surface area contributed by atoms with E-state index in [0.29, 0.717) is 17.7 Å². The molecular formula is C19H18INO3. The van der Waals surface area contributed by atoms with E-state index in [0.717, 1.165) is 20.4 Å². The first-order valence-electron chi connectivity index (χ1n) is 7.80. The van der Waals surface area contributed by atoms with Crippen LogP contribution in [0.15, 0.2) is 36.4 Å². The van der Waals surface area contributed by atoms with Crippen LogP contribution in [0.2, 0.25) is 0 Å². The third-order valence-corrected chi connectivity index (χ3v) is 4.83. The predicted molar refractivity (Wildman–Crippen MR) is 102 cm³/mol. The van der Waals surface area contributed by atoms with Crippen molar-refractivity contribution in [3.8, 4) is 5.75 Å². The van der Waals surface area contributed by atoms with E-state index in [1.54, 1.807) is 6.07 Å². The average molecular weight is 435 g/mol. The fourth-order valence-corrected chi connectivity index (χ4v) is 3.68. The van der Waals surface area contributed by atoms with Gasteiger partial charge in [-0.3, -0.25) is 9.59 Å². The molecule has 1 unspecified atom stereocenters. The lowest BCUT2D eigenvalue weighted by molar-refractivity contribution is -0.118.